The highest BCUT2D eigenvalue weighted by Gasteiger charge is 2.08. The number of nitrogens with one attached hydrogen (secondary N) is 1. The number of nitrogens with two attached hydrogens (primary N) is 1. The average Bonchev–Trinajstić information content (AvgIpc) is 2.33. The van der Waals surface area contributed by atoms with Crippen molar-refractivity contribution in [1.82, 2.24) is 9.88 Å². The molecule has 0 spiro atoms. The highest BCUT2D eigenvalue weighted by molar-refractivity contribution is 5.76. The predicted octanol–water partition coefficient (Wildman–Crippen LogP) is -0.112. The molecule has 7 nitrogen and oxygen atoms in total. The first-order chi connectivity index (χ1) is 9.38. The molecule has 0 aromatic carbocycles. The lowest BCUT2D eigenvalue weighted by molar-refractivity contribution is -0.145. The summed E-state index contributed by atoms with van der Waals surface area (Å²) >= 11 is 0. The van der Waals surface area contributed by atoms with Gasteiger partial charge in [-0.2, -0.15) is 0 Å². The molecule has 0 aliphatic carbocycles. The molecule has 0 aliphatic heterocycles. The van der Waals surface area contributed by atoms with Gasteiger partial charge in [-0.05, 0) is 19.9 Å². The van der Waals surface area contributed by atoms with Crippen LogP contribution in [0.5, 0.6) is 0 Å². The van der Waals surface area contributed by atoms with Crippen molar-refractivity contribution in [2.75, 3.05) is 12.3 Å². The number of anilines is 1. The highest BCUT2D eigenvalue weighted by Crippen LogP contribution is 1.96. The van der Waals surface area contributed by atoms with Crippen LogP contribution in [0.2, 0.25) is 0 Å². The van der Waals surface area contributed by atoms with E-state index in [4.69, 9.17) is 10.5 Å². The molecule has 3 N–H and O–H groups in total. The normalized spacial score (nSPS) is 10.3. The first-order valence-electron chi connectivity index (χ1n) is 6.29. The summed E-state index contributed by atoms with van der Waals surface area (Å²) in [5.74, 6) is -0.774. The monoisotopic (exact) mass is 281 g/mol. The van der Waals surface area contributed by atoms with Gasteiger partial charge in [-0.3, -0.25) is 14.4 Å². The Hall–Kier alpha value is -2.31. The topological polar surface area (TPSA) is 103 Å². The van der Waals surface area contributed by atoms with Crippen LogP contribution in [0.3, 0.4) is 0 Å². The number of carbonyl (C=O) groups is 2. The Morgan fingerprint density at radius 3 is 2.75 bits per heavy atom. The molecule has 0 fully saturated rings. The number of amides is 1. The maximum atomic E-state index is 11.5. The zero-order chi connectivity index (χ0) is 15.1. The van der Waals surface area contributed by atoms with Crippen LogP contribution in [-0.2, 0) is 20.9 Å². The molecule has 1 amide bonds. The second-order valence-electron chi connectivity index (χ2n) is 4.62. The first-order valence-corrected chi connectivity index (χ1v) is 6.29. The summed E-state index contributed by atoms with van der Waals surface area (Å²) in [6.45, 7) is 3.44. The van der Waals surface area contributed by atoms with Crippen LogP contribution in [0.4, 0.5) is 5.69 Å². The van der Waals surface area contributed by atoms with Gasteiger partial charge in [0.05, 0.1) is 6.42 Å². The van der Waals surface area contributed by atoms with Crippen LogP contribution in [0, 0.1) is 0 Å². The molecule has 1 rings (SSSR count). The minimum Gasteiger partial charge on any atom is -0.464 e. The molecule has 1 heterocycles. The Bertz CT molecular complexity index is 537. The molecule has 0 aliphatic rings. The highest BCUT2D eigenvalue weighted by atomic mass is 16.5. The molecule has 0 bridgehead atoms. The van der Waals surface area contributed by atoms with Gasteiger partial charge in [0.25, 0.3) is 5.56 Å². The molecule has 1 aromatic rings. The number of hydrogen-bond donors (Lipinski definition) is 2. The van der Waals surface area contributed by atoms with Crippen LogP contribution in [0.1, 0.15) is 20.3 Å². The number of esters is 1. The SMILES string of the molecule is CC(C)NC(=O)CCOC(=O)Cn1cc(N)ccc1=O. The van der Waals surface area contributed by atoms with Gasteiger partial charge in [-0.15, -0.1) is 0 Å². The van der Waals surface area contributed by atoms with E-state index in [0.717, 1.165) is 4.57 Å². The summed E-state index contributed by atoms with van der Waals surface area (Å²) in [6, 6.07) is 2.78. The number of aromatic nitrogens is 1. The number of rotatable bonds is 6. The number of nitrogens with zero attached hydrogens (tertiary/aromatic N) is 1. The first kappa shape index (κ1) is 15.7. The zero-order valence-corrected chi connectivity index (χ0v) is 11.6. The predicted molar refractivity (Wildman–Crippen MR) is 74.0 cm³/mol. The molecule has 7 heteroatoms. The second kappa shape index (κ2) is 7.32. The molecular weight excluding hydrogens is 262 g/mol. The van der Waals surface area contributed by atoms with Gasteiger partial charge in [-0.1, -0.05) is 0 Å². The fraction of sp³-hybridized carbons (Fsp3) is 0.462. The third-order valence-electron chi connectivity index (χ3n) is 2.35. The van der Waals surface area contributed by atoms with Crippen molar-refractivity contribution in [2.24, 2.45) is 0 Å². The summed E-state index contributed by atoms with van der Waals surface area (Å²) < 4.78 is 6.05. The van der Waals surface area contributed by atoms with E-state index in [2.05, 4.69) is 5.32 Å². The maximum absolute atomic E-state index is 11.5. The number of carbonyl (C=O) groups excluding carboxylic acids is 2. The van der Waals surface area contributed by atoms with E-state index < -0.39 is 5.97 Å². The van der Waals surface area contributed by atoms with Crippen LogP contribution >= 0.6 is 0 Å². The third-order valence-corrected chi connectivity index (χ3v) is 2.35. The maximum Gasteiger partial charge on any atom is 0.326 e. The fourth-order valence-corrected chi connectivity index (χ4v) is 1.51. The van der Waals surface area contributed by atoms with Gasteiger partial charge in [0.2, 0.25) is 5.91 Å². The van der Waals surface area contributed by atoms with Gasteiger partial charge < -0.3 is 20.4 Å². The van der Waals surface area contributed by atoms with E-state index in [1.54, 1.807) is 0 Å². The second-order valence-corrected chi connectivity index (χ2v) is 4.62. The lowest BCUT2D eigenvalue weighted by Gasteiger charge is -2.09. The molecule has 0 radical (unpaired) electrons. The summed E-state index contributed by atoms with van der Waals surface area (Å²) in [5.41, 5.74) is 5.57. The van der Waals surface area contributed by atoms with Crippen molar-refractivity contribution in [3.8, 4) is 0 Å². The summed E-state index contributed by atoms with van der Waals surface area (Å²) in [4.78, 5) is 34.3. The Balaban J connectivity index is 2.39. The van der Waals surface area contributed by atoms with Crippen molar-refractivity contribution in [3.63, 3.8) is 0 Å². The van der Waals surface area contributed by atoms with E-state index in [1.165, 1.54) is 18.3 Å². The molecular formula is C13H19N3O4. The number of ether oxygens (including phenoxy) is 1. The minimum atomic E-state index is -0.588. The van der Waals surface area contributed by atoms with E-state index >= 15 is 0 Å². The van der Waals surface area contributed by atoms with Crippen molar-refractivity contribution in [1.29, 1.82) is 0 Å². The molecule has 110 valence electrons. The van der Waals surface area contributed by atoms with Crippen LogP contribution in [0.25, 0.3) is 0 Å². The Morgan fingerprint density at radius 2 is 2.10 bits per heavy atom. The summed E-state index contributed by atoms with van der Waals surface area (Å²) in [7, 11) is 0. The van der Waals surface area contributed by atoms with Crippen molar-refractivity contribution in [2.45, 2.75) is 32.9 Å². The van der Waals surface area contributed by atoms with Gasteiger partial charge in [0, 0.05) is 24.0 Å². The summed E-state index contributed by atoms with van der Waals surface area (Å²) in [5, 5.41) is 2.68. The average molecular weight is 281 g/mol. The van der Waals surface area contributed by atoms with E-state index in [9.17, 15) is 14.4 Å². The van der Waals surface area contributed by atoms with Crippen LogP contribution in [0.15, 0.2) is 23.1 Å². The minimum absolute atomic E-state index is 0.0194. The quantitative estimate of drug-likeness (QED) is 0.708. The smallest absolute Gasteiger partial charge is 0.326 e. The molecule has 1 aromatic heterocycles. The largest absolute Gasteiger partial charge is 0.464 e. The molecule has 20 heavy (non-hydrogen) atoms. The summed E-state index contributed by atoms with van der Waals surface area (Å²) in [6.07, 6.45) is 1.46. The lowest BCUT2D eigenvalue weighted by Crippen LogP contribution is -2.31. The van der Waals surface area contributed by atoms with Crippen LogP contribution < -0.4 is 16.6 Å². The molecule has 0 saturated carbocycles. The molecule has 0 saturated heterocycles. The van der Waals surface area contributed by atoms with Crippen molar-refractivity contribution >= 4 is 17.6 Å². The number of nitrogen functional groups attached to an aromatic ring is 1. The van der Waals surface area contributed by atoms with Gasteiger partial charge >= 0.3 is 5.97 Å². The van der Waals surface area contributed by atoms with Crippen molar-refractivity contribution < 1.29 is 14.3 Å². The zero-order valence-electron chi connectivity index (χ0n) is 11.6. The lowest BCUT2D eigenvalue weighted by atomic mass is 10.3. The number of pyridine rings is 1. The van der Waals surface area contributed by atoms with Crippen LogP contribution in [-0.4, -0.2) is 29.1 Å². The van der Waals surface area contributed by atoms with E-state index in [1.807, 2.05) is 13.8 Å². The Kier molecular flexibility index (Phi) is 5.76. The number of hydrogen-bond acceptors (Lipinski definition) is 5. The Labute approximate surface area is 116 Å². The van der Waals surface area contributed by atoms with Crippen molar-refractivity contribution in [3.05, 3.63) is 28.7 Å². The third kappa shape index (κ3) is 5.55. The van der Waals surface area contributed by atoms with Gasteiger partial charge in [-0.25, -0.2) is 0 Å². The standard InChI is InChI=1S/C13H19N3O4/c1-9(2)15-11(17)5-6-20-13(19)8-16-7-10(14)3-4-12(16)18/h3-4,7,9H,5-6,8,14H2,1-2H3,(H,15,17). The molecule has 0 unspecified atom stereocenters. The van der Waals surface area contributed by atoms with E-state index in [0.29, 0.717) is 5.69 Å². The van der Waals surface area contributed by atoms with E-state index in [-0.39, 0.29) is 37.1 Å². The van der Waals surface area contributed by atoms with Gasteiger partial charge in [0.1, 0.15) is 13.2 Å². The fourth-order valence-electron chi connectivity index (χ4n) is 1.51. The molecule has 0 atom stereocenters. The Morgan fingerprint density at radius 1 is 1.40 bits per heavy atom. The van der Waals surface area contributed by atoms with Gasteiger partial charge in [0.15, 0.2) is 0 Å².